The van der Waals surface area contributed by atoms with Crippen molar-refractivity contribution in [2.24, 2.45) is 11.8 Å². The van der Waals surface area contributed by atoms with E-state index in [0.717, 1.165) is 41.7 Å². The molecule has 1 aromatic heterocycles. The summed E-state index contributed by atoms with van der Waals surface area (Å²) in [7, 11) is 1.66. The molecule has 2 unspecified atom stereocenters. The van der Waals surface area contributed by atoms with Crippen molar-refractivity contribution >= 4 is 28.8 Å². The first-order valence-corrected chi connectivity index (χ1v) is 11.8. The van der Waals surface area contributed by atoms with Crippen molar-refractivity contribution in [2.75, 3.05) is 20.2 Å². The Bertz CT molecular complexity index is 1160. The number of carboxylic acid groups (broad SMARTS) is 3. The maximum atomic E-state index is 11.2. The van der Waals surface area contributed by atoms with Crippen LogP contribution in [0, 0.1) is 11.8 Å². The Labute approximate surface area is 230 Å². The van der Waals surface area contributed by atoms with E-state index in [0.29, 0.717) is 11.8 Å². The zero-order valence-corrected chi connectivity index (χ0v) is 21.9. The Balaban J connectivity index is 0.000000313. The summed E-state index contributed by atoms with van der Waals surface area (Å²) in [6.07, 6.45) is 3.06. The van der Waals surface area contributed by atoms with Crippen LogP contribution in [0.25, 0.3) is 10.9 Å². The molecule has 38 heavy (non-hydrogen) atoms. The molecule has 4 heterocycles. The average molecular weight is 570 g/mol. The van der Waals surface area contributed by atoms with Crippen molar-refractivity contribution < 1.29 is 61.7 Å². The van der Waals surface area contributed by atoms with Gasteiger partial charge in [-0.15, -0.1) is 6.58 Å². The average Bonchev–Trinajstić information content (AvgIpc) is 2.87. The molecule has 2 aromatic rings. The number of fused-ring (bicyclic) bond motifs is 4. The van der Waals surface area contributed by atoms with E-state index < -0.39 is 42.5 Å². The molecule has 0 aliphatic carbocycles. The molecule has 3 fully saturated rings. The van der Waals surface area contributed by atoms with Gasteiger partial charge in [-0.1, -0.05) is 6.08 Å². The Morgan fingerprint density at radius 2 is 2.00 bits per heavy atom. The predicted molar refractivity (Wildman–Crippen MR) is 127 cm³/mol. The standard InChI is InChI=1S/C20H24N2O2.C6H8O7.Fe/c1-3-13-12-22-9-7-14(13)10-19(22)20(23)16-6-8-21-18-5-4-15(24-2)11-17(16)18;7-3(8)1-6(13,5(11)12)2-4(9)10;/h3-6,8,11,13-14,19-20,23H,1,7,9-10,12H2,2H3;13H,1-2H2,(H,7,8)(H,9,10)(H,11,12);/q;;+2/p-2/t13-,14-,19-,20+;;/m0../s1. The fourth-order valence-corrected chi connectivity index (χ4v) is 5.14. The van der Waals surface area contributed by atoms with Gasteiger partial charge in [-0.25, -0.2) is 0 Å². The molecule has 0 spiro atoms. The maximum Gasteiger partial charge on any atom is 2.00 e. The third kappa shape index (κ3) is 7.09. The number of carboxylic acids is 3. The predicted octanol–water partition coefficient (Wildman–Crippen LogP) is -0.747. The van der Waals surface area contributed by atoms with Crippen LogP contribution in [-0.2, 0) is 31.5 Å². The normalized spacial score (nSPS) is 24.1. The number of aliphatic hydroxyl groups excluding tert-OH is 1. The third-order valence-electron chi connectivity index (χ3n) is 7.08. The van der Waals surface area contributed by atoms with Crippen LogP contribution >= 0.6 is 0 Å². The first-order chi connectivity index (χ1) is 17.5. The van der Waals surface area contributed by atoms with E-state index in [-0.39, 0.29) is 23.1 Å². The van der Waals surface area contributed by atoms with Gasteiger partial charge in [0.1, 0.15) is 11.4 Å². The van der Waals surface area contributed by atoms with E-state index in [9.17, 15) is 29.7 Å². The molecule has 3 N–H and O–H groups in total. The first-order valence-electron chi connectivity index (χ1n) is 11.8. The number of aromatic nitrogens is 1. The van der Waals surface area contributed by atoms with Gasteiger partial charge in [0.15, 0.2) is 0 Å². The number of aliphatic carboxylic acids is 3. The number of benzene rings is 1. The van der Waals surface area contributed by atoms with Gasteiger partial charge in [0.2, 0.25) is 0 Å². The van der Waals surface area contributed by atoms with E-state index >= 15 is 0 Å². The molecule has 0 saturated carbocycles. The smallest absolute Gasteiger partial charge is 0.550 e. The second-order valence-electron chi connectivity index (χ2n) is 9.41. The zero-order chi connectivity index (χ0) is 27.3. The molecule has 6 atom stereocenters. The monoisotopic (exact) mass is 570 g/mol. The number of carbonyl (C=O) groups is 3. The van der Waals surface area contributed by atoms with E-state index in [4.69, 9.17) is 14.9 Å². The van der Waals surface area contributed by atoms with Crippen molar-refractivity contribution in [2.45, 2.75) is 43.4 Å². The number of hydrogen-bond donors (Lipinski definition) is 3. The first kappa shape index (κ1) is 31.2. The second-order valence-corrected chi connectivity index (χ2v) is 9.41. The third-order valence-corrected chi connectivity index (χ3v) is 7.08. The number of rotatable bonds is 9. The summed E-state index contributed by atoms with van der Waals surface area (Å²) in [4.78, 5) is 37.0. The second kappa shape index (κ2) is 13.2. The van der Waals surface area contributed by atoms with Crippen molar-refractivity contribution in [3.8, 4) is 5.75 Å². The Kier molecular flexibility index (Phi) is 10.8. The molecular formula is C26H30FeN2O9. The Hall–Kier alpha value is -3.02. The molecule has 11 nitrogen and oxygen atoms in total. The fourth-order valence-electron chi connectivity index (χ4n) is 5.14. The number of methoxy groups -OCH3 is 1. The van der Waals surface area contributed by atoms with Crippen molar-refractivity contribution in [3.05, 3.63) is 48.7 Å². The van der Waals surface area contributed by atoms with Gasteiger partial charge < -0.3 is 39.9 Å². The van der Waals surface area contributed by atoms with Gasteiger partial charge >= 0.3 is 23.0 Å². The van der Waals surface area contributed by atoms with Crippen LogP contribution in [0.5, 0.6) is 5.75 Å². The molecular weight excluding hydrogens is 540 g/mol. The van der Waals surface area contributed by atoms with Crippen molar-refractivity contribution in [1.29, 1.82) is 0 Å². The molecule has 0 radical (unpaired) electrons. The number of hydrogen-bond acceptors (Lipinski definition) is 10. The van der Waals surface area contributed by atoms with Crippen LogP contribution < -0.4 is 14.9 Å². The van der Waals surface area contributed by atoms with E-state index in [1.807, 2.05) is 24.3 Å². The van der Waals surface area contributed by atoms with E-state index in [1.165, 1.54) is 6.42 Å². The summed E-state index contributed by atoms with van der Waals surface area (Å²) in [6, 6.07) is 7.96. The van der Waals surface area contributed by atoms with Crippen LogP contribution in [0.15, 0.2) is 43.1 Å². The van der Waals surface area contributed by atoms with Gasteiger partial charge in [0, 0.05) is 36.6 Å². The topological polar surface area (TPSA) is 183 Å². The quantitative estimate of drug-likeness (QED) is 0.255. The van der Waals surface area contributed by atoms with Gasteiger partial charge in [-0.2, -0.15) is 0 Å². The summed E-state index contributed by atoms with van der Waals surface area (Å²) < 4.78 is 5.35. The molecule has 3 aliphatic heterocycles. The largest absolute Gasteiger partial charge is 2.00 e. The van der Waals surface area contributed by atoms with Gasteiger partial charge in [0.05, 0.1) is 31.1 Å². The van der Waals surface area contributed by atoms with Crippen molar-refractivity contribution in [3.63, 3.8) is 0 Å². The minimum Gasteiger partial charge on any atom is -0.550 e. The minimum atomic E-state index is -2.91. The van der Waals surface area contributed by atoms with Crippen LogP contribution in [0.4, 0.5) is 0 Å². The molecule has 206 valence electrons. The zero-order valence-electron chi connectivity index (χ0n) is 20.8. The Morgan fingerprint density at radius 1 is 1.29 bits per heavy atom. The van der Waals surface area contributed by atoms with E-state index in [2.05, 4.69) is 22.5 Å². The molecule has 2 bridgehead atoms. The van der Waals surface area contributed by atoms with Crippen LogP contribution in [0.3, 0.4) is 0 Å². The van der Waals surface area contributed by atoms with Crippen LogP contribution in [0.1, 0.15) is 37.4 Å². The summed E-state index contributed by atoms with van der Waals surface area (Å²) in [6.45, 7) is 6.07. The van der Waals surface area contributed by atoms with Gasteiger partial charge in [0.25, 0.3) is 0 Å². The van der Waals surface area contributed by atoms with Crippen LogP contribution in [0.2, 0.25) is 0 Å². The number of aliphatic hydroxyl groups is 2. The molecule has 3 aliphatic rings. The summed E-state index contributed by atoms with van der Waals surface area (Å²) in [5.74, 6) is -3.66. The molecule has 1 aromatic carbocycles. The van der Waals surface area contributed by atoms with Gasteiger partial charge in [-0.05, 0) is 61.1 Å². The van der Waals surface area contributed by atoms with E-state index in [1.54, 1.807) is 13.3 Å². The summed E-state index contributed by atoms with van der Waals surface area (Å²) >= 11 is 0. The van der Waals surface area contributed by atoms with Crippen molar-refractivity contribution in [1.82, 2.24) is 9.88 Å². The fraction of sp³-hybridized carbons (Fsp3) is 0.462. The summed E-state index contributed by atoms with van der Waals surface area (Å²) in [5, 5.41) is 49.4. The number of carbonyl (C=O) groups excluding carboxylic acids is 2. The Morgan fingerprint density at radius 3 is 2.53 bits per heavy atom. The minimum absolute atomic E-state index is 0. The maximum absolute atomic E-state index is 11.2. The number of nitrogens with zero attached hydrogens (tertiary/aromatic N) is 2. The van der Waals surface area contributed by atoms with Crippen LogP contribution in [-0.4, -0.2) is 75.0 Å². The summed E-state index contributed by atoms with van der Waals surface area (Å²) in [5.41, 5.74) is -1.07. The number of piperidine rings is 3. The molecule has 12 heteroatoms. The number of ether oxygens (including phenoxy) is 1. The van der Waals surface area contributed by atoms with Gasteiger partial charge in [-0.3, -0.25) is 14.7 Å². The molecule has 3 saturated heterocycles. The molecule has 0 amide bonds. The number of pyridine rings is 1. The SMILES string of the molecule is C=C[C@H]1CN2CC[C@H]1C[C@H]2[C@H](O)c1ccnc2ccc(OC)cc12.O=C([O-])CC(O)(CC(=O)O)C(=O)[O-].[Fe+2]. The molecule has 5 rings (SSSR count).